The second-order valence-electron chi connectivity index (χ2n) is 12.0. The molecular weight excluding hydrogens is 544 g/mol. The van der Waals surface area contributed by atoms with E-state index in [9.17, 15) is 14.4 Å². The molecule has 4 rings (SSSR count). The number of amides is 3. The first-order chi connectivity index (χ1) is 20.5. The molecule has 0 radical (unpaired) electrons. The minimum Gasteiger partial charge on any atom is -0.497 e. The number of methoxy groups -OCH3 is 1. The first-order valence-electron chi connectivity index (χ1n) is 15.0. The van der Waals surface area contributed by atoms with E-state index < -0.39 is 29.4 Å². The maximum atomic E-state index is 13.8. The molecule has 1 fully saturated rings. The molecule has 2 atom stereocenters. The summed E-state index contributed by atoms with van der Waals surface area (Å²) >= 11 is 0. The van der Waals surface area contributed by atoms with E-state index in [0.29, 0.717) is 37.6 Å². The van der Waals surface area contributed by atoms with Gasteiger partial charge in [0.2, 0.25) is 17.7 Å². The summed E-state index contributed by atoms with van der Waals surface area (Å²) in [7, 11) is 1.60. The topological polar surface area (TPSA) is 132 Å². The van der Waals surface area contributed by atoms with Crippen molar-refractivity contribution in [3.63, 3.8) is 0 Å². The summed E-state index contributed by atoms with van der Waals surface area (Å²) in [5.74, 6) is 0.736. The Bertz CT molecular complexity index is 1360. The number of likely N-dealkylation sites (tertiary alicyclic amines) is 1. The molecule has 0 bridgehead atoms. The van der Waals surface area contributed by atoms with Crippen molar-refractivity contribution in [2.75, 3.05) is 25.5 Å². The van der Waals surface area contributed by atoms with Gasteiger partial charge in [-0.25, -0.2) is 4.98 Å². The average molecular weight is 589 g/mol. The van der Waals surface area contributed by atoms with Crippen LogP contribution in [0.5, 0.6) is 5.75 Å². The molecule has 0 aliphatic carbocycles. The van der Waals surface area contributed by atoms with Gasteiger partial charge in [0, 0.05) is 19.3 Å². The lowest BCUT2D eigenvalue weighted by Crippen LogP contribution is -2.54. The fourth-order valence-corrected chi connectivity index (χ4v) is 5.15. The lowest BCUT2D eigenvalue weighted by molar-refractivity contribution is -0.135. The average Bonchev–Trinajstić information content (AvgIpc) is 3.45. The van der Waals surface area contributed by atoms with Gasteiger partial charge >= 0.3 is 0 Å². The SMILES string of the molecule is COc1ccc([C@H](C(=O)N2CCC(C)CC2)n2cnc(NC(=O)[C@@H](CCCc3ccccc3)NC(=O)C(C)(C)N)c2)cc1. The molecular formula is C33H44N6O4. The molecule has 43 heavy (non-hydrogen) atoms. The molecule has 3 amide bonds. The van der Waals surface area contributed by atoms with Crippen molar-refractivity contribution in [1.29, 1.82) is 0 Å². The van der Waals surface area contributed by atoms with Gasteiger partial charge in [0.15, 0.2) is 5.82 Å². The Kier molecular flexibility index (Phi) is 10.6. The third-order valence-electron chi connectivity index (χ3n) is 7.92. The fourth-order valence-electron chi connectivity index (χ4n) is 5.15. The monoisotopic (exact) mass is 588 g/mol. The summed E-state index contributed by atoms with van der Waals surface area (Å²) in [5, 5.41) is 5.66. The van der Waals surface area contributed by atoms with Crippen LogP contribution in [0.4, 0.5) is 5.82 Å². The predicted octanol–water partition coefficient (Wildman–Crippen LogP) is 3.92. The maximum Gasteiger partial charge on any atom is 0.250 e. The Hall–Kier alpha value is -4.18. The molecule has 1 aliphatic heterocycles. The van der Waals surface area contributed by atoms with Crippen LogP contribution in [0, 0.1) is 5.92 Å². The largest absolute Gasteiger partial charge is 0.497 e. The van der Waals surface area contributed by atoms with Crippen LogP contribution < -0.4 is 21.1 Å². The summed E-state index contributed by atoms with van der Waals surface area (Å²) in [4.78, 5) is 46.3. The summed E-state index contributed by atoms with van der Waals surface area (Å²) in [6.45, 7) is 6.81. The number of carbonyl (C=O) groups excluding carboxylic acids is 3. The molecule has 3 aromatic rings. The van der Waals surface area contributed by atoms with Crippen molar-refractivity contribution in [3.8, 4) is 5.75 Å². The summed E-state index contributed by atoms with van der Waals surface area (Å²) in [6, 6.07) is 15.9. The number of benzene rings is 2. The van der Waals surface area contributed by atoms with Crippen molar-refractivity contribution in [1.82, 2.24) is 19.8 Å². The molecule has 10 nitrogen and oxygen atoms in total. The van der Waals surface area contributed by atoms with E-state index in [-0.39, 0.29) is 11.7 Å². The lowest BCUT2D eigenvalue weighted by Gasteiger charge is -2.33. The zero-order valence-electron chi connectivity index (χ0n) is 25.6. The van der Waals surface area contributed by atoms with Crippen LogP contribution >= 0.6 is 0 Å². The number of hydrogen-bond acceptors (Lipinski definition) is 6. The van der Waals surface area contributed by atoms with Gasteiger partial charge < -0.3 is 30.6 Å². The number of ether oxygens (including phenoxy) is 1. The summed E-state index contributed by atoms with van der Waals surface area (Å²) in [5.41, 5.74) is 6.81. The van der Waals surface area contributed by atoms with Crippen LogP contribution in [0.15, 0.2) is 67.1 Å². The van der Waals surface area contributed by atoms with Crippen molar-refractivity contribution in [3.05, 3.63) is 78.2 Å². The molecule has 1 saturated heterocycles. The maximum absolute atomic E-state index is 13.8. The van der Waals surface area contributed by atoms with Crippen LogP contribution in [-0.4, -0.2) is 64.0 Å². The number of hydrogen-bond donors (Lipinski definition) is 3. The Morgan fingerprint density at radius 1 is 1.07 bits per heavy atom. The first kappa shape index (κ1) is 31.7. The lowest BCUT2D eigenvalue weighted by atomic mass is 9.97. The number of nitrogens with zero attached hydrogens (tertiary/aromatic N) is 3. The Morgan fingerprint density at radius 2 is 1.74 bits per heavy atom. The summed E-state index contributed by atoms with van der Waals surface area (Å²) in [6.07, 6.45) is 7.01. The highest BCUT2D eigenvalue weighted by Gasteiger charge is 2.31. The Labute approximate surface area is 254 Å². The number of aryl methyl sites for hydroxylation is 1. The van der Waals surface area contributed by atoms with E-state index in [4.69, 9.17) is 10.5 Å². The van der Waals surface area contributed by atoms with Crippen LogP contribution in [0.25, 0.3) is 0 Å². The number of carbonyl (C=O) groups is 3. The van der Waals surface area contributed by atoms with Crippen molar-refractivity contribution < 1.29 is 19.1 Å². The van der Waals surface area contributed by atoms with Gasteiger partial charge in [-0.15, -0.1) is 0 Å². The van der Waals surface area contributed by atoms with Crippen molar-refractivity contribution in [2.45, 2.75) is 70.5 Å². The molecule has 4 N–H and O–H groups in total. The number of nitrogens with one attached hydrogen (secondary N) is 2. The third-order valence-corrected chi connectivity index (χ3v) is 7.92. The van der Waals surface area contributed by atoms with Gasteiger partial charge in [0.1, 0.15) is 17.8 Å². The third kappa shape index (κ3) is 8.67. The quantitative estimate of drug-likeness (QED) is 0.294. The van der Waals surface area contributed by atoms with Crippen molar-refractivity contribution >= 4 is 23.5 Å². The second kappa shape index (κ2) is 14.3. The number of imidazole rings is 1. The van der Waals surface area contributed by atoms with Crippen LogP contribution in [0.2, 0.25) is 0 Å². The van der Waals surface area contributed by atoms with Gasteiger partial charge in [-0.3, -0.25) is 14.4 Å². The van der Waals surface area contributed by atoms with E-state index in [1.54, 1.807) is 38.0 Å². The zero-order chi connectivity index (χ0) is 31.0. The fraction of sp³-hybridized carbons (Fsp3) is 0.455. The number of anilines is 1. The molecule has 2 heterocycles. The molecule has 0 spiro atoms. The summed E-state index contributed by atoms with van der Waals surface area (Å²) < 4.78 is 7.04. The normalized spacial score (nSPS) is 15.4. The van der Waals surface area contributed by atoms with Crippen LogP contribution in [-0.2, 0) is 20.8 Å². The number of rotatable bonds is 12. The highest BCUT2D eigenvalue weighted by molar-refractivity contribution is 5.98. The molecule has 230 valence electrons. The van der Waals surface area contributed by atoms with Crippen LogP contribution in [0.1, 0.15) is 63.6 Å². The van der Waals surface area contributed by atoms with Gasteiger partial charge in [-0.05, 0) is 75.1 Å². The molecule has 10 heteroatoms. The highest BCUT2D eigenvalue weighted by atomic mass is 16.5. The van der Waals surface area contributed by atoms with Gasteiger partial charge in [-0.2, -0.15) is 0 Å². The number of aromatic nitrogens is 2. The van der Waals surface area contributed by atoms with Crippen LogP contribution in [0.3, 0.4) is 0 Å². The van der Waals surface area contributed by atoms with Gasteiger partial charge in [-0.1, -0.05) is 49.4 Å². The van der Waals surface area contributed by atoms with Crippen molar-refractivity contribution in [2.24, 2.45) is 11.7 Å². The highest BCUT2D eigenvalue weighted by Crippen LogP contribution is 2.27. The van der Waals surface area contributed by atoms with E-state index in [2.05, 4.69) is 22.5 Å². The molecule has 2 aromatic carbocycles. The van der Waals surface area contributed by atoms with E-state index in [0.717, 1.165) is 30.4 Å². The van der Waals surface area contributed by atoms with E-state index >= 15 is 0 Å². The van der Waals surface area contributed by atoms with Gasteiger partial charge in [0.25, 0.3) is 0 Å². The number of nitrogens with two attached hydrogens (primary N) is 1. The minimum atomic E-state index is -1.14. The second-order valence-corrected chi connectivity index (χ2v) is 12.0. The van der Waals surface area contributed by atoms with E-state index in [1.807, 2.05) is 59.5 Å². The van der Waals surface area contributed by atoms with Gasteiger partial charge in [0.05, 0.1) is 19.0 Å². The molecule has 0 unspecified atom stereocenters. The zero-order valence-corrected chi connectivity index (χ0v) is 25.6. The minimum absolute atomic E-state index is 0.0245. The standard InChI is InChI=1S/C33H44N6O4/c1-23-17-19-38(20-18-23)31(41)29(25-13-15-26(43-4)16-14-25)39-21-28(35-22-39)37-30(40)27(36-32(42)33(2,3)34)12-8-11-24-9-6-5-7-10-24/h5-7,9-10,13-16,21-23,27,29H,8,11-12,17-20,34H2,1-4H3,(H,36,42)(H,37,40)/t27-,29-/m1/s1. The predicted molar refractivity (Wildman–Crippen MR) is 167 cm³/mol. The Balaban J connectivity index is 1.52. The number of piperidine rings is 1. The first-order valence-corrected chi connectivity index (χ1v) is 15.0. The molecule has 0 saturated carbocycles. The molecule has 1 aliphatic rings. The van der Waals surface area contributed by atoms with E-state index in [1.165, 1.54) is 0 Å². The molecule has 1 aromatic heterocycles. The smallest absolute Gasteiger partial charge is 0.250 e. The Morgan fingerprint density at radius 3 is 2.37 bits per heavy atom.